The summed E-state index contributed by atoms with van der Waals surface area (Å²) in [6.45, 7) is 5.25. The van der Waals surface area contributed by atoms with Crippen molar-refractivity contribution in [1.82, 2.24) is 10.3 Å². The molecule has 122 valence electrons. The number of aromatic nitrogens is 1. The highest BCUT2D eigenvalue weighted by Crippen LogP contribution is 2.13. The number of ether oxygens (including phenoxy) is 2. The minimum atomic E-state index is -0.929. The lowest BCUT2D eigenvalue weighted by Crippen LogP contribution is -2.47. The van der Waals surface area contributed by atoms with E-state index < -0.39 is 23.7 Å². The molecule has 1 aromatic heterocycles. The summed E-state index contributed by atoms with van der Waals surface area (Å²) >= 11 is 0. The Morgan fingerprint density at radius 2 is 2.09 bits per heavy atom. The van der Waals surface area contributed by atoms with Crippen molar-refractivity contribution in [3.05, 3.63) is 18.3 Å². The Kier molecular flexibility index (Phi) is 5.97. The Labute approximate surface area is 129 Å². The minimum Gasteiger partial charge on any atom is -0.467 e. The summed E-state index contributed by atoms with van der Waals surface area (Å²) in [5, 5.41) is 5.34. The lowest BCUT2D eigenvalue weighted by atomic mass is 10.2. The van der Waals surface area contributed by atoms with Gasteiger partial charge in [0.1, 0.15) is 17.5 Å². The van der Waals surface area contributed by atoms with Gasteiger partial charge in [-0.05, 0) is 32.9 Å². The lowest BCUT2D eigenvalue weighted by molar-refractivity contribution is -0.142. The number of nitrogens with zero attached hydrogens (tertiary/aromatic N) is 1. The van der Waals surface area contributed by atoms with Crippen molar-refractivity contribution < 1.29 is 19.1 Å². The second kappa shape index (κ2) is 7.48. The summed E-state index contributed by atoms with van der Waals surface area (Å²) < 4.78 is 9.77. The average molecular weight is 310 g/mol. The van der Waals surface area contributed by atoms with E-state index in [0.717, 1.165) is 0 Å². The summed E-state index contributed by atoms with van der Waals surface area (Å²) in [6.07, 6.45) is 0.853. The van der Waals surface area contributed by atoms with Gasteiger partial charge in [-0.3, -0.25) is 0 Å². The Bertz CT molecular complexity index is 528. The van der Waals surface area contributed by atoms with E-state index in [1.807, 2.05) is 0 Å². The SMILES string of the molecule is COC(=O)[C@H](CNc1ncccc1N)NC(=O)OC(C)(C)C. The van der Waals surface area contributed by atoms with Crippen LogP contribution in [-0.2, 0) is 14.3 Å². The zero-order chi connectivity index (χ0) is 16.8. The third-order valence-electron chi connectivity index (χ3n) is 2.49. The molecule has 0 unspecified atom stereocenters. The van der Waals surface area contributed by atoms with Gasteiger partial charge in [-0.1, -0.05) is 0 Å². The highest BCUT2D eigenvalue weighted by Gasteiger charge is 2.25. The molecule has 1 aromatic rings. The van der Waals surface area contributed by atoms with Gasteiger partial charge in [-0.25, -0.2) is 14.6 Å². The predicted molar refractivity (Wildman–Crippen MR) is 82.3 cm³/mol. The maximum atomic E-state index is 11.8. The molecule has 0 saturated heterocycles. The number of hydrogen-bond acceptors (Lipinski definition) is 7. The van der Waals surface area contributed by atoms with E-state index in [-0.39, 0.29) is 6.54 Å². The lowest BCUT2D eigenvalue weighted by Gasteiger charge is -2.23. The standard InChI is InChI=1S/C14H22N4O4/c1-14(2,3)22-13(20)18-10(12(19)21-4)8-17-11-9(15)6-5-7-16-11/h5-7,10H,8,15H2,1-4H3,(H,16,17)(H,18,20)/t10-/m0/s1. The third kappa shape index (κ3) is 5.86. The number of nitrogens with two attached hydrogens (primary N) is 1. The first-order valence-corrected chi connectivity index (χ1v) is 6.74. The smallest absolute Gasteiger partial charge is 0.408 e. The van der Waals surface area contributed by atoms with Crippen LogP contribution in [0.5, 0.6) is 0 Å². The van der Waals surface area contributed by atoms with E-state index >= 15 is 0 Å². The monoisotopic (exact) mass is 310 g/mol. The highest BCUT2D eigenvalue weighted by molar-refractivity contribution is 5.82. The quantitative estimate of drug-likeness (QED) is 0.698. The molecular weight excluding hydrogens is 288 g/mol. The molecule has 1 atom stereocenters. The number of hydrogen-bond donors (Lipinski definition) is 3. The van der Waals surface area contributed by atoms with Gasteiger partial charge >= 0.3 is 12.1 Å². The zero-order valence-corrected chi connectivity index (χ0v) is 13.2. The largest absolute Gasteiger partial charge is 0.467 e. The Morgan fingerprint density at radius 1 is 1.41 bits per heavy atom. The minimum absolute atomic E-state index is 0.0626. The van der Waals surface area contributed by atoms with Gasteiger partial charge in [0.2, 0.25) is 0 Å². The van der Waals surface area contributed by atoms with Crippen molar-refractivity contribution in [1.29, 1.82) is 0 Å². The molecule has 1 rings (SSSR count). The average Bonchev–Trinajstić information content (AvgIpc) is 2.42. The van der Waals surface area contributed by atoms with Crippen LogP contribution in [0.1, 0.15) is 20.8 Å². The fourth-order valence-electron chi connectivity index (χ4n) is 1.55. The van der Waals surface area contributed by atoms with Crippen LogP contribution < -0.4 is 16.4 Å². The molecule has 0 fully saturated rings. The molecule has 0 saturated carbocycles. The molecule has 0 aliphatic heterocycles. The number of alkyl carbamates (subject to hydrolysis) is 1. The number of pyridine rings is 1. The number of carbonyl (C=O) groups excluding carboxylic acids is 2. The maximum absolute atomic E-state index is 11.8. The zero-order valence-electron chi connectivity index (χ0n) is 13.2. The molecule has 0 spiro atoms. The number of carbonyl (C=O) groups is 2. The van der Waals surface area contributed by atoms with Crippen molar-refractivity contribution in [3.63, 3.8) is 0 Å². The van der Waals surface area contributed by atoms with Gasteiger partial charge in [0.05, 0.1) is 12.8 Å². The van der Waals surface area contributed by atoms with Crippen LogP contribution in [0.25, 0.3) is 0 Å². The molecule has 0 aromatic carbocycles. The van der Waals surface area contributed by atoms with E-state index in [4.69, 9.17) is 10.5 Å². The molecule has 22 heavy (non-hydrogen) atoms. The molecule has 8 heteroatoms. The summed E-state index contributed by atoms with van der Waals surface area (Å²) in [7, 11) is 1.24. The number of anilines is 2. The van der Waals surface area contributed by atoms with Crippen LogP contribution in [0.15, 0.2) is 18.3 Å². The summed E-state index contributed by atoms with van der Waals surface area (Å²) in [4.78, 5) is 27.5. The molecular formula is C14H22N4O4. The van der Waals surface area contributed by atoms with E-state index in [9.17, 15) is 9.59 Å². The van der Waals surface area contributed by atoms with Gasteiger partial charge < -0.3 is 25.8 Å². The first kappa shape index (κ1) is 17.5. The fourth-order valence-corrected chi connectivity index (χ4v) is 1.55. The van der Waals surface area contributed by atoms with Gasteiger partial charge in [0.25, 0.3) is 0 Å². The van der Waals surface area contributed by atoms with Gasteiger partial charge in [-0.15, -0.1) is 0 Å². The van der Waals surface area contributed by atoms with Crippen molar-refractivity contribution in [2.24, 2.45) is 0 Å². The summed E-state index contributed by atoms with van der Waals surface area (Å²) in [5.74, 6) is -0.185. The van der Waals surface area contributed by atoms with Crippen LogP contribution in [-0.4, -0.2) is 42.3 Å². The molecule has 4 N–H and O–H groups in total. The molecule has 1 heterocycles. The number of rotatable bonds is 5. The van der Waals surface area contributed by atoms with E-state index in [1.165, 1.54) is 7.11 Å². The first-order chi connectivity index (χ1) is 10.2. The molecule has 1 amide bonds. The normalized spacial score (nSPS) is 12.2. The van der Waals surface area contributed by atoms with Crippen molar-refractivity contribution >= 4 is 23.6 Å². The second-order valence-electron chi connectivity index (χ2n) is 5.54. The first-order valence-electron chi connectivity index (χ1n) is 6.74. The molecule has 0 bridgehead atoms. The van der Waals surface area contributed by atoms with Crippen LogP contribution in [0.2, 0.25) is 0 Å². The molecule has 0 radical (unpaired) electrons. The highest BCUT2D eigenvalue weighted by atomic mass is 16.6. The van der Waals surface area contributed by atoms with E-state index in [1.54, 1.807) is 39.1 Å². The van der Waals surface area contributed by atoms with Crippen LogP contribution in [0, 0.1) is 0 Å². The number of nitrogen functional groups attached to an aromatic ring is 1. The van der Waals surface area contributed by atoms with Crippen LogP contribution in [0.3, 0.4) is 0 Å². The fraction of sp³-hybridized carbons (Fsp3) is 0.500. The van der Waals surface area contributed by atoms with Crippen LogP contribution >= 0.6 is 0 Å². The van der Waals surface area contributed by atoms with E-state index in [0.29, 0.717) is 11.5 Å². The Balaban J connectivity index is 2.67. The van der Waals surface area contributed by atoms with Gasteiger partial charge in [0, 0.05) is 12.7 Å². The molecule has 0 aliphatic rings. The number of esters is 1. The second-order valence-corrected chi connectivity index (χ2v) is 5.54. The van der Waals surface area contributed by atoms with Crippen molar-refractivity contribution in [3.8, 4) is 0 Å². The van der Waals surface area contributed by atoms with Crippen molar-refractivity contribution in [2.45, 2.75) is 32.4 Å². The molecule has 0 aliphatic carbocycles. The predicted octanol–water partition coefficient (Wildman–Crippen LogP) is 1.14. The number of amides is 1. The third-order valence-corrected chi connectivity index (χ3v) is 2.49. The molecule has 8 nitrogen and oxygen atoms in total. The van der Waals surface area contributed by atoms with Crippen molar-refractivity contribution in [2.75, 3.05) is 24.7 Å². The maximum Gasteiger partial charge on any atom is 0.408 e. The van der Waals surface area contributed by atoms with Crippen LogP contribution in [0.4, 0.5) is 16.3 Å². The number of methoxy groups -OCH3 is 1. The Morgan fingerprint density at radius 3 is 2.64 bits per heavy atom. The topological polar surface area (TPSA) is 116 Å². The van der Waals surface area contributed by atoms with Gasteiger partial charge in [-0.2, -0.15) is 0 Å². The number of nitrogens with one attached hydrogen (secondary N) is 2. The van der Waals surface area contributed by atoms with E-state index in [2.05, 4.69) is 20.4 Å². The Hall–Kier alpha value is -2.51. The van der Waals surface area contributed by atoms with Gasteiger partial charge in [0.15, 0.2) is 0 Å². The summed E-state index contributed by atoms with van der Waals surface area (Å²) in [5.41, 5.74) is 5.52. The summed E-state index contributed by atoms with van der Waals surface area (Å²) in [6, 6.07) is 2.43.